The number of aryl methyl sites for hydroxylation is 4. The second-order valence-electron chi connectivity index (χ2n) is 19.0. The molecule has 0 N–H and O–H groups in total. The predicted octanol–water partition coefficient (Wildman–Crippen LogP) is 15.4. The molecule has 6 aromatic carbocycles. The summed E-state index contributed by atoms with van der Waals surface area (Å²) in [4.78, 5) is 14.7. The molecule has 0 spiro atoms. The molecular formula is C60H54GeIrN4O2-2. The van der Waals surface area contributed by atoms with E-state index < -0.39 is 26.5 Å². The van der Waals surface area contributed by atoms with Crippen molar-refractivity contribution in [2.45, 2.75) is 76.9 Å². The molecular weight excluding hydrogens is 1070 g/mol. The first-order valence-electron chi connectivity index (χ1n) is 25.7. The van der Waals surface area contributed by atoms with Crippen LogP contribution in [-0.2, 0) is 26.5 Å². The maximum absolute atomic E-state index is 8.95. The Kier molecular flexibility index (Phi) is 10.8. The van der Waals surface area contributed by atoms with Crippen LogP contribution in [0.2, 0.25) is 17.3 Å². The van der Waals surface area contributed by atoms with Crippen LogP contribution in [0.25, 0.3) is 94.6 Å². The minimum absolute atomic E-state index is 0. The van der Waals surface area contributed by atoms with Gasteiger partial charge in [0.15, 0.2) is 0 Å². The Labute approximate surface area is 421 Å². The van der Waals surface area contributed by atoms with Crippen LogP contribution in [-0.4, -0.2) is 32.8 Å². The minimum atomic E-state index is -2.35. The van der Waals surface area contributed by atoms with Crippen molar-refractivity contribution in [1.82, 2.24) is 19.5 Å². The molecule has 0 amide bonds. The fraction of sp³-hybridized carbons (Fsp3) is 0.217. The summed E-state index contributed by atoms with van der Waals surface area (Å²) in [5.74, 6) is 7.56. The van der Waals surface area contributed by atoms with E-state index in [0.29, 0.717) is 17.0 Å². The number of hydrogen-bond donors (Lipinski definition) is 0. The molecule has 11 aromatic rings. The van der Waals surface area contributed by atoms with E-state index in [4.69, 9.17) is 25.7 Å². The van der Waals surface area contributed by atoms with Gasteiger partial charge < -0.3 is 13.4 Å². The van der Waals surface area contributed by atoms with Gasteiger partial charge in [-0.05, 0) is 55.8 Å². The maximum atomic E-state index is 8.95. The molecule has 68 heavy (non-hydrogen) atoms. The minimum Gasteiger partial charge on any atom is 0 e. The largest absolute Gasteiger partial charge is 0 e. The Bertz CT molecular complexity index is 3890. The standard InChI is InChI=1S/C39H26N3O2.C21H28GeN.Ir/c1-22-17-18-28(37-34(22)27-19-20-30(41-39(27)44-37)25-11-5-4-6-12-25)38-40-31-14-8-9-15-32(31)42(38)35-23(2)21-29-26-13-7-10-16-33(26)43-36(29)24(35)3;1-16-8-7-11-18(12-16)21-14-19(13-17-9-5-6-10-17)20(15-23-21)22(2,3)4;/h4-17,19-21H,1-3H3;7-8,12,14-15,17H,5-6,9-10,13H2,1-4H3;/q2*-1;/i;1D3,13D2;. The molecule has 5 aromatic heterocycles. The van der Waals surface area contributed by atoms with E-state index in [0.717, 1.165) is 130 Å². The molecule has 1 radical (unpaired) electrons. The third kappa shape index (κ3) is 8.33. The van der Waals surface area contributed by atoms with Gasteiger partial charge in [0, 0.05) is 53.1 Å². The summed E-state index contributed by atoms with van der Waals surface area (Å²) < 4.78 is 57.3. The number of hydrogen-bond acceptors (Lipinski definition) is 5. The van der Waals surface area contributed by atoms with Crippen molar-refractivity contribution in [3.63, 3.8) is 0 Å². The third-order valence-corrected chi connectivity index (χ3v) is 17.5. The second-order valence-corrected chi connectivity index (χ2v) is 29.5. The van der Waals surface area contributed by atoms with Gasteiger partial charge in [-0.25, -0.2) is 4.98 Å². The fourth-order valence-corrected chi connectivity index (χ4v) is 12.9. The first-order valence-corrected chi connectivity index (χ1v) is 30.5. The molecule has 0 bridgehead atoms. The summed E-state index contributed by atoms with van der Waals surface area (Å²) >= 11 is -2.35. The van der Waals surface area contributed by atoms with Gasteiger partial charge in [0.25, 0.3) is 0 Å². The van der Waals surface area contributed by atoms with Crippen molar-refractivity contribution in [3.05, 3.63) is 174 Å². The zero-order valence-electron chi connectivity index (χ0n) is 44.0. The van der Waals surface area contributed by atoms with Crippen LogP contribution in [0.1, 0.15) is 60.4 Å². The predicted molar refractivity (Wildman–Crippen MR) is 279 cm³/mol. The maximum Gasteiger partial charge on any atom is 0 e. The Morgan fingerprint density at radius 3 is 2.35 bits per heavy atom. The van der Waals surface area contributed by atoms with E-state index in [-0.39, 0.29) is 31.6 Å². The van der Waals surface area contributed by atoms with Gasteiger partial charge >= 0.3 is 151 Å². The number of rotatable bonds is 7. The average Bonchev–Trinajstić information content (AvgIpc) is 4.20. The molecule has 5 heterocycles. The number of fused-ring (bicyclic) bond motifs is 7. The quantitative estimate of drug-likeness (QED) is 0.117. The normalized spacial score (nSPS) is 14.6. The van der Waals surface area contributed by atoms with Gasteiger partial charge in [0.1, 0.15) is 11.2 Å². The zero-order chi connectivity index (χ0) is 50.3. The summed E-state index contributed by atoms with van der Waals surface area (Å²) in [5, 5.41) is 4.24. The monoisotopic (exact) mass is 1130 g/mol. The van der Waals surface area contributed by atoms with E-state index in [1.165, 1.54) is 0 Å². The van der Waals surface area contributed by atoms with E-state index in [1.807, 2.05) is 54.7 Å². The van der Waals surface area contributed by atoms with E-state index in [9.17, 15) is 0 Å². The van der Waals surface area contributed by atoms with Crippen LogP contribution < -0.4 is 4.40 Å². The van der Waals surface area contributed by atoms with Gasteiger partial charge in [-0.2, -0.15) is 0 Å². The first kappa shape index (κ1) is 39.8. The molecule has 6 nitrogen and oxygen atoms in total. The van der Waals surface area contributed by atoms with Crippen molar-refractivity contribution in [2.24, 2.45) is 5.92 Å². The van der Waals surface area contributed by atoms with Crippen LogP contribution in [0.5, 0.6) is 0 Å². The van der Waals surface area contributed by atoms with Gasteiger partial charge in [0.2, 0.25) is 5.71 Å². The number of nitrogens with zero attached hydrogens (tertiary/aromatic N) is 4. The smallest absolute Gasteiger partial charge is 0 e. The second kappa shape index (κ2) is 18.4. The molecule has 0 unspecified atom stereocenters. The van der Waals surface area contributed by atoms with E-state index >= 15 is 0 Å². The average molecular weight is 1130 g/mol. The Hall–Kier alpha value is -6.12. The molecule has 0 aliphatic heterocycles. The van der Waals surface area contributed by atoms with Gasteiger partial charge in [-0.15, -0.1) is 17.7 Å². The Balaban J connectivity index is 0.000000183. The van der Waals surface area contributed by atoms with Crippen LogP contribution in [0.15, 0.2) is 142 Å². The molecule has 0 atom stereocenters. The molecule has 12 rings (SSSR count). The third-order valence-electron chi connectivity index (χ3n) is 13.3. The van der Waals surface area contributed by atoms with Crippen molar-refractivity contribution in [2.75, 3.05) is 0 Å². The number of para-hydroxylation sites is 3. The van der Waals surface area contributed by atoms with Crippen LogP contribution >= 0.6 is 0 Å². The van der Waals surface area contributed by atoms with Crippen LogP contribution in [0.3, 0.4) is 0 Å². The Morgan fingerprint density at radius 2 is 1.54 bits per heavy atom. The molecule has 1 fully saturated rings. The molecule has 1 aliphatic rings. The Morgan fingerprint density at radius 1 is 0.765 bits per heavy atom. The zero-order valence-corrected chi connectivity index (χ0v) is 43.5. The van der Waals surface area contributed by atoms with Crippen molar-refractivity contribution in [3.8, 4) is 39.6 Å². The summed E-state index contributed by atoms with van der Waals surface area (Å²) in [7, 11) is 0. The van der Waals surface area contributed by atoms with Crippen LogP contribution in [0, 0.1) is 45.7 Å². The number of imidazole rings is 1. The molecule has 0 saturated heterocycles. The van der Waals surface area contributed by atoms with Gasteiger partial charge in [0.05, 0.1) is 28.1 Å². The molecule has 1 saturated carbocycles. The van der Waals surface area contributed by atoms with E-state index in [1.54, 1.807) is 18.2 Å². The summed E-state index contributed by atoms with van der Waals surface area (Å²) in [6, 6.07) is 48.3. The van der Waals surface area contributed by atoms with Crippen molar-refractivity contribution in [1.29, 1.82) is 0 Å². The van der Waals surface area contributed by atoms with Gasteiger partial charge in [-0.1, -0.05) is 78.5 Å². The summed E-state index contributed by atoms with van der Waals surface area (Å²) in [6.45, 7) is 4.20. The summed E-state index contributed by atoms with van der Waals surface area (Å²) in [5.41, 5.74) is 14.2. The van der Waals surface area contributed by atoms with Crippen molar-refractivity contribution >= 4 is 72.7 Å². The number of furan rings is 2. The number of aromatic nitrogens is 4. The van der Waals surface area contributed by atoms with Crippen molar-refractivity contribution < 1.29 is 35.8 Å². The fourth-order valence-electron chi connectivity index (χ4n) is 9.96. The number of benzene rings is 6. The topological polar surface area (TPSA) is 69.9 Å². The van der Waals surface area contributed by atoms with E-state index in [2.05, 4.69) is 120 Å². The van der Waals surface area contributed by atoms with Crippen LogP contribution in [0.4, 0.5) is 0 Å². The number of pyridine rings is 2. The summed E-state index contributed by atoms with van der Waals surface area (Å²) in [6.07, 6.45) is 4.45. The SMILES string of the molecule is Cc1cc2c(oc3ccccc32)c(C)c1-n1c(-c2[c-]cc(C)c3c2oc2nc(-c4ccccc4)ccc23)nc2ccccc21.[2H]C([2H])([2H])c1cc[c-]c(-c2cc(C([2H])([2H])C3CCCC3)[c]([Ge]([CH3])([CH3])[CH3])cn2)c1.[Ir]. The molecule has 1 aliphatic carbocycles. The van der Waals surface area contributed by atoms with Gasteiger partial charge in [-0.3, -0.25) is 4.98 Å². The first-order chi connectivity index (χ1) is 34.5. The molecule has 341 valence electrons. The molecule has 8 heteroatoms.